The molecule has 2 aromatic carbocycles. The van der Waals surface area contributed by atoms with Crippen LogP contribution in [0.3, 0.4) is 0 Å². The maximum Gasteiger partial charge on any atom is 0.126 e. The molecule has 19 heavy (non-hydrogen) atoms. The van der Waals surface area contributed by atoms with E-state index in [1.54, 1.807) is 36.4 Å². The number of hydrogen-bond donors (Lipinski definition) is 1. The summed E-state index contributed by atoms with van der Waals surface area (Å²) in [5.74, 6) is 0.156. The summed E-state index contributed by atoms with van der Waals surface area (Å²) in [6, 6.07) is 11.5. The number of benzene rings is 2. The molecule has 2 aromatic rings. The summed E-state index contributed by atoms with van der Waals surface area (Å²) in [5.41, 5.74) is 0.923. The summed E-state index contributed by atoms with van der Waals surface area (Å²) in [7, 11) is 1.50. The molecule has 0 amide bonds. The Labute approximate surface area is 116 Å². The highest BCUT2D eigenvalue weighted by atomic mass is 35.5. The summed E-state index contributed by atoms with van der Waals surface area (Å²) in [6.45, 7) is 0. The third kappa shape index (κ3) is 3.06. The lowest BCUT2D eigenvalue weighted by Crippen LogP contribution is -2.06. The van der Waals surface area contributed by atoms with Crippen molar-refractivity contribution in [2.75, 3.05) is 7.11 Å². The van der Waals surface area contributed by atoms with Crippen LogP contribution in [0.1, 0.15) is 17.2 Å². The van der Waals surface area contributed by atoms with E-state index in [9.17, 15) is 9.50 Å². The van der Waals surface area contributed by atoms with Crippen molar-refractivity contribution in [2.24, 2.45) is 0 Å². The van der Waals surface area contributed by atoms with Gasteiger partial charge in [-0.3, -0.25) is 0 Å². The van der Waals surface area contributed by atoms with Crippen LogP contribution in [-0.4, -0.2) is 12.2 Å². The summed E-state index contributed by atoms with van der Waals surface area (Å²) in [6.07, 6.45) is -0.771. The predicted molar refractivity (Wildman–Crippen MR) is 73.1 cm³/mol. The lowest BCUT2D eigenvalue weighted by atomic mass is 10.00. The van der Waals surface area contributed by atoms with Gasteiger partial charge < -0.3 is 9.84 Å². The van der Waals surface area contributed by atoms with Crippen molar-refractivity contribution >= 4 is 11.6 Å². The average molecular weight is 281 g/mol. The van der Waals surface area contributed by atoms with Gasteiger partial charge in [-0.1, -0.05) is 35.9 Å². The molecule has 2 rings (SSSR count). The van der Waals surface area contributed by atoms with Crippen molar-refractivity contribution in [2.45, 2.75) is 12.5 Å². The van der Waals surface area contributed by atoms with Gasteiger partial charge in [-0.15, -0.1) is 0 Å². The number of aliphatic hydroxyl groups is 1. The van der Waals surface area contributed by atoms with Crippen molar-refractivity contribution < 1.29 is 14.2 Å². The normalized spacial score (nSPS) is 12.2. The third-order valence-electron chi connectivity index (χ3n) is 2.94. The van der Waals surface area contributed by atoms with Gasteiger partial charge >= 0.3 is 0 Å². The van der Waals surface area contributed by atoms with Crippen LogP contribution >= 0.6 is 11.6 Å². The number of methoxy groups -OCH3 is 1. The van der Waals surface area contributed by atoms with Crippen LogP contribution in [0, 0.1) is 5.82 Å². The van der Waals surface area contributed by atoms with E-state index < -0.39 is 6.10 Å². The van der Waals surface area contributed by atoms with Gasteiger partial charge in [-0.2, -0.15) is 0 Å². The van der Waals surface area contributed by atoms with Gasteiger partial charge in [-0.05, 0) is 23.8 Å². The van der Waals surface area contributed by atoms with E-state index in [0.717, 1.165) is 0 Å². The largest absolute Gasteiger partial charge is 0.496 e. The predicted octanol–water partition coefficient (Wildman–Crippen LogP) is 3.76. The van der Waals surface area contributed by atoms with Crippen molar-refractivity contribution in [3.63, 3.8) is 0 Å². The first-order chi connectivity index (χ1) is 9.13. The number of rotatable bonds is 4. The Hall–Kier alpha value is -1.58. The van der Waals surface area contributed by atoms with Gasteiger partial charge in [0.1, 0.15) is 11.6 Å². The van der Waals surface area contributed by atoms with Crippen molar-refractivity contribution in [3.05, 3.63) is 64.4 Å². The van der Waals surface area contributed by atoms with E-state index in [0.29, 0.717) is 21.9 Å². The highest BCUT2D eigenvalue weighted by Gasteiger charge is 2.18. The number of aliphatic hydroxyl groups excluding tert-OH is 1. The van der Waals surface area contributed by atoms with Gasteiger partial charge in [0.05, 0.1) is 18.2 Å². The second-order valence-corrected chi connectivity index (χ2v) is 4.57. The zero-order valence-electron chi connectivity index (χ0n) is 10.4. The smallest absolute Gasteiger partial charge is 0.126 e. The summed E-state index contributed by atoms with van der Waals surface area (Å²) in [4.78, 5) is 0. The molecule has 1 atom stereocenters. The monoisotopic (exact) mass is 280 g/mol. The zero-order valence-corrected chi connectivity index (χ0v) is 11.2. The minimum atomic E-state index is -0.916. The second-order valence-electron chi connectivity index (χ2n) is 4.17. The van der Waals surface area contributed by atoms with E-state index in [1.807, 2.05) is 0 Å². The Morgan fingerprint density at radius 3 is 2.63 bits per heavy atom. The Morgan fingerprint density at radius 1 is 1.21 bits per heavy atom. The van der Waals surface area contributed by atoms with E-state index in [2.05, 4.69) is 0 Å². The molecule has 0 aromatic heterocycles. The lowest BCUT2D eigenvalue weighted by molar-refractivity contribution is 0.173. The molecule has 0 aliphatic rings. The highest BCUT2D eigenvalue weighted by molar-refractivity contribution is 6.31. The molecule has 1 N–H and O–H groups in total. The fourth-order valence-corrected chi connectivity index (χ4v) is 2.28. The van der Waals surface area contributed by atoms with Crippen molar-refractivity contribution in [3.8, 4) is 5.75 Å². The molecule has 0 radical (unpaired) electrons. The third-order valence-corrected chi connectivity index (χ3v) is 3.27. The highest BCUT2D eigenvalue weighted by Crippen LogP contribution is 2.34. The van der Waals surface area contributed by atoms with Crippen LogP contribution in [0.5, 0.6) is 5.75 Å². The SMILES string of the molecule is COc1cccc(Cl)c1C(O)Cc1ccccc1F. The molecular weight excluding hydrogens is 267 g/mol. The molecular formula is C15H14ClFO2. The number of hydrogen-bond acceptors (Lipinski definition) is 2. The summed E-state index contributed by atoms with van der Waals surface area (Å²) < 4.78 is 18.8. The van der Waals surface area contributed by atoms with Gasteiger partial charge in [0.2, 0.25) is 0 Å². The van der Waals surface area contributed by atoms with Gasteiger partial charge in [-0.25, -0.2) is 4.39 Å². The molecule has 2 nitrogen and oxygen atoms in total. The summed E-state index contributed by atoms with van der Waals surface area (Å²) >= 11 is 6.08. The van der Waals surface area contributed by atoms with E-state index >= 15 is 0 Å². The van der Waals surface area contributed by atoms with Gasteiger partial charge in [0, 0.05) is 12.0 Å². The minimum absolute atomic E-state index is 0.146. The average Bonchev–Trinajstić information content (AvgIpc) is 2.40. The van der Waals surface area contributed by atoms with Crippen molar-refractivity contribution in [1.82, 2.24) is 0 Å². The van der Waals surface area contributed by atoms with Crippen LogP contribution in [0.25, 0.3) is 0 Å². The van der Waals surface area contributed by atoms with Crippen LogP contribution in [0.15, 0.2) is 42.5 Å². The second kappa shape index (κ2) is 6.04. The Kier molecular flexibility index (Phi) is 4.40. The molecule has 4 heteroatoms. The fraction of sp³-hybridized carbons (Fsp3) is 0.200. The zero-order chi connectivity index (χ0) is 13.8. The topological polar surface area (TPSA) is 29.5 Å². The Morgan fingerprint density at radius 2 is 1.95 bits per heavy atom. The van der Waals surface area contributed by atoms with Crippen LogP contribution in [0.2, 0.25) is 5.02 Å². The molecule has 0 aliphatic carbocycles. The first-order valence-electron chi connectivity index (χ1n) is 5.87. The summed E-state index contributed by atoms with van der Waals surface area (Å²) in [5, 5.41) is 10.7. The van der Waals surface area contributed by atoms with Gasteiger partial charge in [0.25, 0.3) is 0 Å². The standard InChI is InChI=1S/C15H14ClFO2/c1-19-14-8-4-6-11(16)15(14)13(18)9-10-5-2-3-7-12(10)17/h2-8,13,18H,9H2,1H3. The molecule has 1 unspecified atom stereocenters. The number of halogens is 2. The van der Waals surface area contributed by atoms with Crippen LogP contribution in [0.4, 0.5) is 4.39 Å². The quantitative estimate of drug-likeness (QED) is 0.924. The molecule has 0 saturated carbocycles. The van der Waals surface area contributed by atoms with E-state index in [-0.39, 0.29) is 12.2 Å². The molecule has 0 bridgehead atoms. The molecule has 0 spiro atoms. The molecule has 100 valence electrons. The van der Waals surface area contributed by atoms with Gasteiger partial charge in [0.15, 0.2) is 0 Å². The first-order valence-corrected chi connectivity index (χ1v) is 6.25. The Balaban J connectivity index is 2.30. The fourth-order valence-electron chi connectivity index (χ4n) is 1.99. The number of ether oxygens (including phenoxy) is 1. The first kappa shape index (κ1) is 13.8. The minimum Gasteiger partial charge on any atom is -0.496 e. The lowest BCUT2D eigenvalue weighted by Gasteiger charge is -2.16. The maximum absolute atomic E-state index is 13.6. The molecule has 0 saturated heterocycles. The molecule has 0 fully saturated rings. The van der Waals surface area contributed by atoms with E-state index in [1.165, 1.54) is 13.2 Å². The Bertz CT molecular complexity index is 572. The van der Waals surface area contributed by atoms with Crippen LogP contribution < -0.4 is 4.74 Å². The van der Waals surface area contributed by atoms with Crippen LogP contribution in [-0.2, 0) is 6.42 Å². The van der Waals surface area contributed by atoms with Crippen molar-refractivity contribution in [1.29, 1.82) is 0 Å². The molecule has 0 aliphatic heterocycles. The maximum atomic E-state index is 13.6. The van der Waals surface area contributed by atoms with E-state index in [4.69, 9.17) is 16.3 Å². The molecule has 0 heterocycles.